The number of ether oxygens (including phenoxy) is 3. The van der Waals surface area contributed by atoms with E-state index < -0.39 is 0 Å². The minimum Gasteiger partial charge on any atom is -0.494 e. The number of rotatable bonds is 7. The number of benzene rings is 1. The molecular formula is C27H31N7O3. The van der Waals surface area contributed by atoms with Gasteiger partial charge in [-0.2, -0.15) is 5.26 Å². The number of nitrogens with zero attached hydrogens (tertiary/aromatic N) is 6. The van der Waals surface area contributed by atoms with E-state index in [4.69, 9.17) is 14.2 Å². The molecule has 2 fully saturated rings. The predicted molar refractivity (Wildman–Crippen MR) is 140 cm³/mol. The van der Waals surface area contributed by atoms with Gasteiger partial charge in [0.15, 0.2) is 0 Å². The number of likely N-dealkylation sites (N-methyl/N-ethyl adjacent to an activating group) is 1. The van der Waals surface area contributed by atoms with E-state index in [2.05, 4.69) is 43.2 Å². The molecule has 0 atom stereocenters. The maximum atomic E-state index is 9.72. The number of anilines is 3. The van der Waals surface area contributed by atoms with Crippen LogP contribution in [0.2, 0.25) is 0 Å². The summed E-state index contributed by atoms with van der Waals surface area (Å²) in [5, 5.41) is 12.9. The average Bonchev–Trinajstić information content (AvgIpc) is 2.94. The fourth-order valence-corrected chi connectivity index (χ4v) is 4.49. The Bertz CT molecular complexity index is 1270. The highest BCUT2D eigenvalue weighted by Crippen LogP contribution is 2.32. The lowest BCUT2D eigenvalue weighted by Gasteiger charge is -2.34. The minimum atomic E-state index is 0.0636. The third-order valence-electron chi connectivity index (χ3n) is 6.66. The predicted octanol–water partition coefficient (Wildman–Crippen LogP) is 3.47. The van der Waals surface area contributed by atoms with Gasteiger partial charge in [-0.05, 0) is 31.3 Å². The molecule has 192 valence electrons. The van der Waals surface area contributed by atoms with E-state index in [0.717, 1.165) is 56.0 Å². The van der Waals surface area contributed by atoms with E-state index in [1.165, 1.54) is 0 Å². The van der Waals surface area contributed by atoms with Crippen LogP contribution in [0.3, 0.4) is 0 Å². The van der Waals surface area contributed by atoms with Crippen LogP contribution in [0.25, 0.3) is 11.3 Å². The van der Waals surface area contributed by atoms with Gasteiger partial charge in [0.1, 0.15) is 29.5 Å². The maximum Gasteiger partial charge on any atom is 0.228 e. The van der Waals surface area contributed by atoms with Gasteiger partial charge in [0.25, 0.3) is 0 Å². The van der Waals surface area contributed by atoms with Gasteiger partial charge in [0, 0.05) is 56.8 Å². The molecule has 2 aromatic heterocycles. The van der Waals surface area contributed by atoms with E-state index in [1.807, 2.05) is 30.5 Å². The van der Waals surface area contributed by atoms with Crippen molar-refractivity contribution in [3.8, 4) is 28.8 Å². The largest absolute Gasteiger partial charge is 0.494 e. The Hall–Kier alpha value is -3.94. The summed E-state index contributed by atoms with van der Waals surface area (Å²) in [6, 6.07) is 11.5. The van der Waals surface area contributed by atoms with Gasteiger partial charge in [-0.15, -0.1) is 0 Å². The summed E-state index contributed by atoms with van der Waals surface area (Å²) in [5.41, 5.74) is 2.94. The van der Waals surface area contributed by atoms with Crippen molar-refractivity contribution in [1.29, 1.82) is 5.26 Å². The fraction of sp³-hybridized carbons (Fsp3) is 0.407. The Morgan fingerprint density at radius 1 is 1.05 bits per heavy atom. The summed E-state index contributed by atoms with van der Waals surface area (Å²) in [6.07, 6.45) is 5.21. The summed E-state index contributed by atoms with van der Waals surface area (Å²) in [4.78, 5) is 18.2. The highest BCUT2D eigenvalue weighted by molar-refractivity contribution is 5.67. The number of hydrogen-bond acceptors (Lipinski definition) is 10. The number of pyridine rings is 1. The van der Waals surface area contributed by atoms with Gasteiger partial charge in [-0.25, -0.2) is 15.0 Å². The van der Waals surface area contributed by atoms with Crippen LogP contribution < -0.4 is 19.7 Å². The molecule has 1 N–H and O–H groups in total. The monoisotopic (exact) mass is 501 g/mol. The van der Waals surface area contributed by atoms with Gasteiger partial charge in [0.05, 0.1) is 43.5 Å². The van der Waals surface area contributed by atoms with Gasteiger partial charge >= 0.3 is 0 Å². The molecular weight excluding hydrogens is 470 g/mol. The second-order valence-corrected chi connectivity index (χ2v) is 9.17. The van der Waals surface area contributed by atoms with Gasteiger partial charge in [-0.3, -0.25) is 0 Å². The van der Waals surface area contributed by atoms with Crippen LogP contribution in [-0.4, -0.2) is 79.5 Å². The topological polar surface area (TPSA) is 109 Å². The van der Waals surface area contributed by atoms with Crippen LogP contribution in [0.1, 0.15) is 18.4 Å². The molecule has 2 saturated heterocycles. The van der Waals surface area contributed by atoms with Crippen molar-refractivity contribution in [2.24, 2.45) is 0 Å². The molecule has 0 unspecified atom stereocenters. The maximum absolute atomic E-state index is 9.72. The molecule has 0 amide bonds. The molecule has 0 radical (unpaired) electrons. The Morgan fingerprint density at radius 3 is 2.62 bits per heavy atom. The van der Waals surface area contributed by atoms with Crippen molar-refractivity contribution in [2.75, 3.05) is 63.8 Å². The van der Waals surface area contributed by atoms with Crippen molar-refractivity contribution >= 4 is 17.5 Å². The third kappa shape index (κ3) is 5.90. The second-order valence-electron chi connectivity index (χ2n) is 9.17. The molecule has 3 aromatic rings. The van der Waals surface area contributed by atoms with E-state index in [1.54, 1.807) is 19.4 Å². The standard InChI is InChI=1S/C27H31N7O3/c1-33-9-11-34(12-10-33)23-18-30-26(16-25(23)35-2)32-27-29-8-5-22(31-27)19-3-4-24(20(15-19)17-28)37-21-6-13-36-14-7-21/h3-5,8,15-16,18,21H,6-7,9-14H2,1-2H3,(H,29,30,31,32). The zero-order valence-electron chi connectivity index (χ0n) is 21.2. The molecule has 0 bridgehead atoms. The number of hydrogen-bond donors (Lipinski definition) is 1. The lowest BCUT2D eigenvalue weighted by Crippen LogP contribution is -2.44. The van der Waals surface area contributed by atoms with Gasteiger partial charge in [-0.1, -0.05) is 0 Å². The van der Waals surface area contributed by atoms with Crippen molar-refractivity contribution < 1.29 is 14.2 Å². The van der Waals surface area contributed by atoms with Crippen LogP contribution in [0, 0.1) is 11.3 Å². The van der Waals surface area contributed by atoms with Gasteiger partial charge in [0.2, 0.25) is 5.95 Å². The molecule has 2 aliphatic rings. The number of aromatic nitrogens is 3. The Labute approximate surface area is 216 Å². The molecule has 1 aromatic carbocycles. The molecule has 2 aliphatic heterocycles. The van der Waals surface area contributed by atoms with Gasteiger partial charge < -0.3 is 29.3 Å². The first-order valence-electron chi connectivity index (χ1n) is 12.5. The number of nitrogens with one attached hydrogen (secondary N) is 1. The second kappa shape index (κ2) is 11.4. The average molecular weight is 502 g/mol. The van der Waals surface area contributed by atoms with Crippen LogP contribution in [0.15, 0.2) is 42.7 Å². The van der Waals surface area contributed by atoms with E-state index in [0.29, 0.717) is 42.0 Å². The van der Waals surface area contributed by atoms with Crippen molar-refractivity contribution in [1.82, 2.24) is 19.9 Å². The Balaban J connectivity index is 1.32. The Kier molecular flexibility index (Phi) is 7.63. The normalized spacial score (nSPS) is 16.7. The number of methoxy groups -OCH3 is 1. The summed E-state index contributed by atoms with van der Waals surface area (Å²) in [5.74, 6) is 2.32. The first-order valence-corrected chi connectivity index (χ1v) is 12.5. The molecule has 37 heavy (non-hydrogen) atoms. The van der Waals surface area contributed by atoms with Crippen molar-refractivity contribution in [3.05, 3.63) is 48.3 Å². The van der Waals surface area contributed by atoms with Crippen LogP contribution in [0.4, 0.5) is 17.5 Å². The molecule has 10 nitrogen and oxygen atoms in total. The first kappa shape index (κ1) is 24.7. The lowest BCUT2D eigenvalue weighted by molar-refractivity contribution is 0.0254. The SMILES string of the molecule is COc1cc(Nc2nccc(-c3ccc(OC4CCOCC4)c(C#N)c3)n2)ncc1N1CCN(C)CC1. The zero-order valence-corrected chi connectivity index (χ0v) is 21.2. The molecule has 5 rings (SSSR count). The fourth-order valence-electron chi connectivity index (χ4n) is 4.49. The molecule has 0 saturated carbocycles. The smallest absolute Gasteiger partial charge is 0.228 e. The summed E-state index contributed by atoms with van der Waals surface area (Å²) in [7, 11) is 3.79. The third-order valence-corrected chi connectivity index (χ3v) is 6.66. The quantitative estimate of drug-likeness (QED) is 0.517. The summed E-state index contributed by atoms with van der Waals surface area (Å²) >= 11 is 0. The molecule has 0 spiro atoms. The van der Waals surface area contributed by atoms with Crippen molar-refractivity contribution in [2.45, 2.75) is 18.9 Å². The highest BCUT2D eigenvalue weighted by Gasteiger charge is 2.20. The van der Waals surface area contributed by atoms with E-state index >= 15 is 0 Å². The highest BCUT2D eigenvalue weighted by atomic mass is 16.5. The van der Waals surface area contributed by atoms with Crippen LogP contribution >= 0.6 is 0 Å². The zero-order chi connectivity index (χ0) is 25.6. The Morgan fingerprint density at radius 2 is 1.86 bits per heavy atom. The molecule has 10 heteroatoms. The lowest BCUT2D eigenvalue weighted by atomic mass is 10.1. The van der Waals surface area contributed by atoms with Crippen molar-refractivity contribution in [3.63, 3.8) is 0 Å². The number of nitriles is 1. The van der Waals surface area contributed by atoms with E-state index in [-0.39, 0.29) is 6.10 Å². The first-order chi connectivity index (χ1) is 18.1. The summed E-state index contributed by atoms with van der Waals surface area (Å²) < 4.78 is 17.1. The number of piperazine rings is 1. The minimum absolute atomic E-state index is 0.0636. The molecule has 0 aliphatic carbocycles. The molecule has 4 heterocycles. The van der Waals surface area contributed by atoms with Crippen LogP contribution in [0.5, 0.6) is 11.5 Å². The summed E-state index contributed by atoms with van der Waals surface area (Å²) in [6.45, 7) is 5.22. The van der Waals surface area contributed by atoms with Crippen LogP contribution in [-0.2, 0) is 4.74 Å². The van der Waals surface area contributed by atoms with E-state index in [9.17, 15) is 5.26 Å².